The molecule has 0 aliphatic heterocycles. The molecule has 0 fully saturated rings. The summed E-state index contributed by atoms with van der Waals surface area (Å²) in [5, 5.41) is 8.63. The first kappa shape index (κ1) is 19.7. The topological polar surface area (TPSA) is 80.7 Å². The molecular formula is C20H22O5S. The van der Waals surface area contributed by atoms with Crippen molar-refractivity contribution in [1.82, 2.24) is 0 Å². The Bertz CT molecular complexity index is 955. The van der Waals surface area contributed by atoms with Gasteiger partial charge in [0.25, 0.3) is 0 Å². The van der Waals surface area contributed by atoms with Gasteiger partial charge in [-0.15, -0.1) is 0 Å². The first-order valence-corrected chi connectivity index (χ1v) is 9.48. The van der Waals surface area contributed by atoms with Crippen LogP contribution in [0.25, 0.3) is 6.08 Å². The molecule has 2 aromatic carbocycles. The van der Waals surface area contributed by atoms with E-state index >= 15 is 0 Å². The van der Waals surface area contributed by atoms with Crippen molar-refractivity contribution in [3.8, 4) is 5.75 Å². The third-order valence-corrected chi connectivity index (χ3v) is 6.21. The molecule has 0 bridgehead atoms. The molecular weight excluding hydrogens is 352 g/mol. The van der Waals surface area contributed by atoms with Crippen molar-refractivity contribution in [2.24, 2.45) is 0 Å². The lowest BCUT2D eigenvalue weighted by Gasteiger charge is -2.18. The summed E-state index contributed by atoms with van der Waals surface area (Å²) in [6.07, 6.45) is 2.43. The van der Waals surface area contributed by atoms with Crippen molar-refractivity contribution in [2.75, 3.05) is 0 Å². The van der Waals surface area contributed by atoms with E-state index in [2.05, 4.69) is 0 Å². The average Bonchev–Trinajstić information content (AvgIpc) is 2.57. The summed E-state index contributed by atoms with van der Waals surface area (Å²) in [6.45, 7) is 9.35. The molecule has 6 heteroatoms. The maximum Gasteiger partial charge on any atom is 0.339 e. The molecule has 0 spiro atoms. The van der Waals surface area contributed by atoms with Crippen LogP contribution in [0.1, 0.15) is 33.4 Å². The van der Waals surface area contributed by atoms with E-state index in [0.717, 1.165) is 22.8 Å². The average molecular weight is 374 g/mol. The fourth-order valence-corrected chi connectivity index (χ4v) is 4.31. The summed E-state index contributed by atoms with van der Waals surface area (Å²) in [4.78, 5) is 10.7. The Kier molecular flexibility index (Phi) is 5.56. The summed E-state index contributed by atoms with van der Waals surface area (Å²) in [6, 6.07) is 6.18. The monoisotopic (exact) mass is 374 g/mol. The van der Waals surface area contributed by atoms with Crippen LogP contribution in [-0.2, 0) is 14.9 Å². The van der Waals surface area contributed by atoms with Crippen LogP contribution in [0, 0.1) is 34.6 Å². The Morgan fingerprint density at radius 2 is 1.35 bits per heavy atom. The van der Waals surface area contributed by atoms with Crippen LogP contribution in [0.15, 0.2) is 35.2 Å². The van der Waals surface area contributed by atoms with E-state index < -0.39 is 16.1 Å². The second kappa shape index (κ2) is 7.33. The lowest BCUT2D eigenvalue weighted by Crippen LogP contribution is -2.15. The van der Waals surface area contributed by atoms with Crippen molar-refractivity contribution < 1.29 is 22.5 Å². The van der Waals surface area contributed by atoms with Gasteiger partial charge in [0.05, 0.1) is 0 Å². The molecule has 26 heavy (non-hydrogen) atoms. The summed E-state index contributed by atoms with van der Waals surface area (Å²) in [7, 11) is -3.99. The molecule has 1 N–H and O–H groups in total. The summed E-state index contributed by atoms with van der Waals surface area (Å²) < 4.78 is 31.0. The lowest BCUT2D eigenvalue weighted by molar-refractivity contribution is -0.131. The highest BCUT2D eigenvalue weighted by molar-refractivity contribution is 7.87. The van der Waals surface area contributed by atoms with Crippen LogP contribution >= 0.6 is 0 Å². The zero-order chi connectivity index (χ0) is 19.6. The Balaban J connectivity index is 2.40. The minimum atomic E-state index is -3.99. The highest BCUT2D eigenvalue weighted by atomic mass is 32.2. The molecule has 138 valence electrons. The quantitative estimate of drug-likeness (QED) is 0.630. The number of carboxylic acids is 1. The normalized spacial score (nSPS) is 11.7. The van der Waals surface area contributed by atoms with Crippen molar-refractivity contribution >= 4 is 22.2 Å². The molecule has 0 amide bonds. The van der Waals surface area contributed by atoms with Crippen LogP contribution in [-0.4, -0.2) is 19.5 Å². The number of rotatable bonds is 5. The zero-order valence-electron chi connectivity index (χ0n) is 15.5. The summed E-state index contributed by atoms with van der Waals surface area (Å²) >= 11 is 0. The van der Waals surface area contributed by atoms with Crippen molar-refractivity contribution in [2.45, 2.75) is 39.5 Å². The van der Waals surface area contributed by atoms with E-state index in [1.165, 1.54) is 18.2 Å². The minimum absolute atomic E-state index is 0.173. The molecule has 2 rings (SSSR count). The molecule has 0 unspecified atom stereocenters. The van der Waals surface area contributed by atoms with Gasteiger partial charge >= 0.3 is 16.1 Å². The standard InChI is InChI=1S/C20H22O5S/c1-12-13(2)15(4)20(16(5)14(12)3)26(23,24)25-18-9-6-17(7-10-18)8-11-19(21)22/h6-11H,1-5H3,(H,21,22)/b11-8+. The van der Waals surface area contributed by atoms with Gasteiger partial charge in [-0.05, 0) is 86.2 Å². The predicted octanol–water partition coefficient (Wildman–Crippen LogP) is 4.09. The maximum absolute atomic E-state index is 12.8. The SMILES string of the molecule is Cc1c(C)c(C)c(S(=O)(=O)Oc2ccc(/C=C/C(=O)O)cc2)c(C)c1C. The maximum atomic E-state index is 12.8. The van der Waals surface area contributed by atoms with Gasteiger partial charge < -0.3 is 9.29 Å². The van der Waals surface area contributed by atoms with Gasteiger partial charge in [0.15, 0.2) is 0 Å². The van der Waals surface area contributed by atoms with E-state index in [9.17, 15) is 13.2 Å². The highest BCUT2D eigenvalue weighted by Gasteiger charge is 2.25. The smallest absolute Gasteiger partial charge is 0.339 e. The van der Waals surface area contributed by atoms with Crippen molar-refractivity contribution in [3.63, 3.8) is 0 Å². The Morgan fingerprint density at radius 3 is 1.81 bits per heavy atom. The molecule has 0 saturated heterocycles. The first-order valence-electron chi connectivity index (χ1n) is 8.07. The Morgan fingerprint density at radius 1 is 0.885 bits per heavy atom. The summed E-state index contributed by atoms with van der Waals surface area (Å²) in [5.74, 6) is -0.879. The largest absolute Gasteiger partial charge is 0.478 e. The zero-order valence-corrected chi connectivity index (χ0v) is 16.3. The Hall–Kier alpha value is -2.60. The van der Waals surface area contributed by atoms with Gasteiger partial charge in [-0.25, -0.2) is 4.79 Å². The second-order valence-corrected chi connectivity index (χ2v) is 7.72. The molecule has 0 atom stereocenters. The van der Waals surface area contributed by atoms with Crippen LogP contribution in [0.5, 0.6) is 5.75 Å². The molecule has 0 aliphatic rings. The number of benzene rings is 2. The fraction of sp³-hybridized carbons (Fsp3) is 0.250. The van der Waals surface area contributed by atoms with Crippen LogP contribution < -0.4 is 4.18 Å². The lowest BCUT2D eigenvalue weighted by atomic mass is 9.95. The fourth-order valence-electron chi connectivity index (χ4n) is 2.81. The summed E-state index contributed by atoms with van der Waals surface area (Å²) in [5.41, 5.74) is 4.95. The highest BCUT2D eigenvalue weighted by Crippen LogP contribution is 2.31. The van der Waals surface area contributed by atoms with Crippen LogP contribution in [0.2, 0.25) is 0 Å². The van der Waals surface area contributed by atoms with E-state index in [1.807, 2.05) is 20.8 Å². The van der Waals surface area contributed by atoms with Crippen LogP contribution in [0.4, 0.5) is 0 Å². The number of hydrogen-bond donors (Lipinski definition) is 1. The molecule has 0 aliphatic carbocycles. The molecule has 0 aromatic heterocycles. The predicted molar refractivity (Wildman–Crippen MR) is 101 cm³/mol. The van der Waals surface area contributed by atoms with Crippen LogP contribution in [0.3, 0.4) is 0 Å². The number of carbonyl (C=O) groups is 1. The Labute approximate surface area is 154 Å². The molecule has 0 radical (unpaired) electrons. The first-order chi connectivity index (χ1) is 12.0. The molecule has 5 nitrogen and oxygen atoms in total. The van der Waals surface area contributed by atoms with E-state index in [0.29, 0.717) is 16.7 Å². The molecule has 0 saturated carbocycles. The number of hydrogen-bond acceptors (Lipinski definition) is 4. The van der Waals surface area contributed by atoms with Gasteiger partial charge in [-0.3, -0.25) is 0 Å². The number of aliphatic carboxylic acids is 1. The third kappa shape index (κ3) is 3.96. The van der Waals surface area contributed by atoms with Crippen molar-refractivity contribution in [1.29, 1.82) is 0 Å². The van der Waals surface area contributed by atoms with Gasteiger partial charge in [0.2, 0.25) is 0 Å². The number of carboxylic acid groups (broad SMARTS) is 1. The van der Waals surface area contributed by atoms with E-state index in [4.69, 9.17) is 9.29 Å². The van der Waals surface area contributed by atoms with Crippen molar-refractivity contribution in [3.05, 3.63) is 63.7 Å². The van der Waals surface area contributed by atoms with E-state index in [1.54, 1.807) is 26.0 Å². The second-order valence-electron chi connectivity index (χ2n) is 6.23. The van der Waals surface area contributed by atoms with E-state index in [-0.39, 0.29) is 10.6 Å². The third-order valence-electron chi connectivity index (χ3n) is 4.69. The molecule has 2 aromatic rings. The molecule has 0 heterocycles. The van der Waals surface area contributed by atoms with Gasteiger partial charge in [-0.1, -0.05) is 12.1 Å². The van der Waals surface area contributed by atoms with Gasteiger partial charge in [-0.2, -0.15) is 8.42 Å². The van der Waals surface area contributed by atoms with Gasteiger partial charge in [0, 0.05) is 6.08 Å². The van der Waals surface area contributed by atoms with Gasteiger partial charge in [0.1, 0.15) is 10.6 Å². The minimum Gasteiger partial charge on any atom is -0.478 e.